The third-order valence-corrected chi connectivity index (χ3v) is 7.01. The minimum Gasteiger partial charge on any atom is -0.450 e. The highest BCUT2D eigenvalue weighted by Crippen LogP contribution is 2.57. The lowest BCUT2D eigenvalue weighted by molar-refractivity contribution is -0.133. The number of ether oxygens (including phenoxy) is 1. The summed E-state index contributed by atoms with van der Waals surface area (Å²) < 4.78 is 5.07. The van der Waals surface area contributed by atoms with Gasteiger partial charge in [0.05, 0.1) is 6.61 Å². The van der Waals surface area contributed by atoms with Crippen molar-refractivity contribution in [2.75, 3.05) is 45.9 Å². The number of likely N-dealkylation sites (tertiary alicyclic amines) is 2. The molecular formula is C19H31N3O3. The Labute approximate surface area is 150 Å². The van der Waals surface area contributed by atoms with Crippen LogP contribution in [0.2, 0.25) is 0 Å². The molecule has 0 aromatic rings. The van der Waals surface area contributed by atoms with Gasteiger partial charge in [-0.15, -0.1) is 0 Å². The second-order valence-corrected chi connectivity index (χ2v) is 8.43. The van der Waals surface area contributed by atoms with Crippen molar-refractivity contribution in [1.29, 1.82) is 0 Å². The van der Waals surface area contributed by atoms with Gasteiger partial charge in [-0.1, -0.05) is 0 Å². The molecular weight excluding hydrogens is 318 g/mol. The largest absolute Gasteiger partial charge is 0.450 e. The fraction of sp³-hybridized carbons (Fsp3) is 0.895. The highest BCUT2D eigenvalue weighted by Gasteiger charge is 2.63. The molecule has 6 nitrogen and oxygen atoms in total. The molecule has 1 spiro atoms. The van der Waals surface area contributed by atoms with Gasteiger partial charge in [0.1, 0.15) is 0 Å². The first-order valence-corrected chi connectivity index (χ1v) is 9.96. The van der Waals surface area contributed by atoms with Crippen LogP contribution in [0.15, 0.2) is 0 Å². The van der Waals surface area contributed by atoms with E-state index in [1.165, 1.54) is 12.8 Å². The molecule has 4 fully saturated rings. The van der Waals surface area contributed by atoms with Crippen LogP contribution in [0, 0.1) is 23.2 Å². The number of nitrogens with zero attached hydrogens (tertiary/aromatic N) is 3. The maximum absolute atomic E-state index is 12.5. The van der Waals surface area contributed by atoms with Crippen molar-refractivity contribution in [2.45, 2.75) is 39.7 Å². The van der Waals surface area contributed by atoms with Gasteiger partial charge in [0.25, 0.3) is 0 Å². The monoisotopic (exact) mass is 349 g/mol. The summed E-state index contributed by atoms with van der Waals surface area (Å²) in [5, 5.41) is 0. The van der Waals surface area contributed by atoms with Crippen molar-refractivity contribution < 1.29 is 14.3 Å². The second-order valence-electron chi connectivity index (χ2n) is 8.43. The Morgan fingerprint density at radius 2 is 1.68 bits per heavy atom. The first-order valence-electron chi connectivity index (χ1n) is 9.96. The Bertz CT molecular complexity index is 536. The Morgan fingerprint density at radius 3 is 2.20 bits per heavy atom. The van der Waals surface area contributed by atoms with E-state index in [0.29, 0.717) is 41.7 Å². The number of carbonyl (C=O) groups is 2. The molecule has 0 aromatic carbocycles. The van der Waals surface area contributed by atoms with Crippen LogP contribution in [0.5, 0.6) is 0 Å². The highest BCUT2D eigenvalue weighted by molar-refractivity contribution is 5.82. The predicted molar refractivity (Wildman–Crippen MR) is 94.0 cm³/mol. The predicted octanol–water partition coefficient (Wildman–Crippen LogP) is 1.65. The standard InChI is InChI=1S/C19H31N3O3/c1-4-20(5-2)17(23)16-14-9-21(10-15(14)16)13-7-19(8-13)11-22(12-19)18(24)25-6-3/h13-16H,4-12H2,1-3H3/t14-,15+,16-. The molecule has 2 amide bonds. The minimum atomic E-state index is -0.156. The van der Waals surface area contributed by atoms with E-state index in [1.807, 2.05) is 16.7 Å². The number of fused-ring (bicyclic) bond motifs is 1. The van der Waals surface area contributed by atoms with Gasteiger partial charge in [-0.2, -0.15) is 0 Å². The number of hydrogen-bond donors (Lipinski definition) is 0. The first-order chi connectivity index (χ1) is 12.0. The molecule has 140 valence electrons. The van der Waals surface area contributed by atoms with Crippen molar-refractivity contribution in [3.8, 4) is 0 Å². The molecule has 4 aliphatic rings. The van der Waals surface area contributed by atoms with Crippen LogP contribution in [0.4, 0.5) is 4.79 Å². The minimum absolute atomic E-state index is 0.156. The Balaban J connectivity index is 1.20. The van der Waals surface area contributed by atoms with Gasteiger partial charge in [-0.25, -0.2) is 4.79 Å². The lowest BCUT2D eigenvalue weighted by Gasteiger charge is -2.60. The quantitative estimate of drug-likeness (QED) is 0.757. The van der Waals surface area contributed by atoms with Gasteiger partial charge in [0.15, 0.2) is 0 Å². The van der Waals surface area contributed by atoms with Crippen LogP contribution in [-0.4, -0.2) is 78.6 Å². The molecule has 2 saturated heterocycles. The molecule has 0 bridgehead atoms. The van der Waals surface area contributed by atoms with E-state index in [0.717, 1.165) is 39.3 Å². The van der Waals surface area contributed by atoms with Gasteiger partial charge < -0.3 is 14.5 Å². The summed E-state index contributed by atoms with van der Waals surface area (Å²) in [5.74, 6) is 1.88. The molecule has 2 saturated carbocycles. The Kier molecular flexibility index (Phi) is 4.21. The molecule has 0 N–H and O–H groups in total. The van der Waals surface area contributed by atoms with Gasteiger partial charge in [0, 0.05) is 56.6 Å². The van der Waals surface area contributed by atoms with E-state index < -0.39 is 0 Å². The smallest absolute Gasteiger partial charge is 0.409 e. The number of hydrogen-bond acceptors (Lipinski definition) is 4. The lowest BCUT2D eigenvalue weighted by atomic mass is 9.60. The zero-order valence-electron chi connectivity index (χ0n) is 15.7. The molecule has 4 rings (SSSR count). The molecule has 2 heterocycles. The van der Waals surface area contributed by atoms with Gasteiger partial charge >= 0.3 is 6.09 Å². The zero-order valence-corrected chi connectivity index (χ0v) is 15.7. The molecule has 0 radical (unpaired) electrons. The van der Waals surface area contributed by atoms with Crippen LogP contribution >= 0.6 is 0 Å². The summed E-state index contributed by atoms with van der Waals surface area (Å²) in [6.07, 6.45) is 2.25. The van der Waals surface area contributed by atoms with Crippen molar-refractivity contribution in [3.05, 3.63) is 0 Å². The summed E-state index contributed by atoms with van der Waals surface area (Å²) in [6, 6.07) is 0.668. The van der Waals surface area contributed by atoms with Crippen molar-refractivity contribution in [1.82, 2.24) is 14.7 Å². The number of piperidine rings is 1. The van der Waals surface area contributed by atoms with E-state index in [1.54, 1.807) is 0 Å². The molecule has 6 heteroatoms. The van der Waals surface area contributed by atoms with Gasteiger partial charge in [-0.3, -0.25) is 9.69 Å². The number of rotatable bonds is 5. The van der Waals surface area contributed by atoms with E-state index in [-0.39, 0.29) is 6.09 Å². The third kappa shape index (κ3) is 2.73. The summed E-state index contributed by atoms with van der Waals surface area (Å²) in [7, 11) is 0. The second kappa shape index (κ2) is 6.15. The normalized spacial score (nSPS) is 32.8. The summed E-state index contributed by atoms with van der Waals surface area (Å²) in [4.78, 5) is 30.6. The fourth-order valence-corrected chi connectivity index (χ4v) is 5.53. The van der Waals surface area contributed by atoms with Crippen LogP contribution in [0.25, 0.3) is 0 Å². The number of carbonyl (C=O) groups excluding carboxylic acids is 2. The summed E-state index contributed by atoms with van der Waals surface area (Å²) >= 11 is 0. The first kappa shape index (κ1) is 17.1. The number of amides is 2. The van der Waals surface area contributed by atoms with Crippen molar-refractivity contribution in [2.24, 2.45) is 23.2 Å². The topological polar surface area (TPSA) is 53.1 Å². The average molecular weight is 349 g/mol. The SMILES string of the molecule is CCOC(=O)N1CC2(CC(N3C[C@@H]4[C@H](C3)[C@@H]4C(=O)N(CC)CC)C2)C1. The summed E-state index contributed by atoms with van der Waals surface area (Å²) in [6.45, 7) is 12.0. The Hall–Kier alpha value is -1.30. The average Bonchev–Trinajstić information content (AvgIpc) is 3.01. The van der Waals surface area contributed by atoms with E-state index in [4.69, 9.17) is 4.74 Å². The molecule has 0 aromatic heterocycles. The maximum Gasteiger partial charge on any atom is 0.409 e. The molecule has 3 atom stereocenters. The van der Waals surface area contributed by atoms with Crippen LogP contribution in [0.3, 0.4) is 0 Å². The summed E-state index contributed by atoms with van der Waals surface area (Å²) in [5.41, 5.74) is 0.362. The molecule has 25 heavy (non-hydrogen) atoms. The van der Waals surface area contributed by atoms with Crippen LogP contribution < -0.4 is 0 Å². The fourth-order valence-electron chi connectivity index (χ4n) is 5.53. The van der Waals surface area contributed by atoms with E-state index in [9.17, 15) is 9.59 Å². The maximum atomic E-state index is 12.5. The Morgan fingerprint density at radius 1 is 1.08 bits per heavy atom. The lowest BCUT2D eigenvalue weighted by Crippen LogP contribution is -2.67. The van der Waals surface area contributed by atoms with Gasteiger partial charge in [0.2, 0.25) is 5.91 Å². The highest BCUT2D eigenvalue weighted by atomic mass is 16.6. The van der Waals surface area contributed by atoms with Gasteiger partial charge in [-0.05, 0) is 45.4 Å². The zero-order chi connectivity index (χ0) is 17.8. The van der Waals surface area contributed by atoms with Crippen molar-refractivity contribution >= 4 is 12.0 Å². The van der Waals surface area contributed by atoms with Crippen LogP contribution in [0.1, 0.15) is 33.6 Å². The molecule has 2 aliphatic carbocycles. The van der Waals surface area contributed by atoms with Crippen molar-refractivity contribution in [3.63, 3.8) is 0 Å². The van der Waals surface area contributed by atoms with E-state index in [2.05, 4.69) is 18.7 Å². The van der Waals surface area contributed by atoms with Crippen LogP contribution in [-0.2, 0) is 9.53 Å². The third-order valence-electron chi connectivity index (χ3n) is 7.01. The van der Waals surface area contributed by atoms with E-state index >= 15 is 0 Å². The molecule has 0 unspecified atom stereocenters. The molecule has 2 aliphatic heterocycles.